The molecule has 118 valence electrons. The van der Waals surface area contributed by atoms with E-state index in [1.54, 1.807) is 21.1 Å². The molecule has 1 aromatic carbocycles. The van der Waals surface area contributed by atoms with E-state index in [0.29, 0.717) is 24.2 Å². The molecule has 1 heterocycles. The van der Waals surface area contributed by atoms with Crippen LogP contribution >= 0.6 is 0 Å². The zero-order valence-electron chi connectivity index (χ0n) is 13.3. The van der Waals surface area contributed by atoms with Crippen LogP contribution in [0.15, 0.2) is 33.8 Å². The molecule has 0 saturated heterocycles. The summed E-state index contributed by atoms with van der Waals surface area (Å²) in [7, 11) is 3.37. The summed E-state index contributed by atoms with van der Waals surface area (Å²) in [6.45, 7) is 4.24. The molecule has 7 nitrogen and oxygen atoms in total. The number of nitrogens with one attached hydrogen (secondary N) is 2. The lowest BCUT2D eigenvalue weighted by Gasteiger charge is -2.19. The minimum Gasteiger partial charge on any atom is -0.496 e. The van der Waals surface area contributed by atoms with Crippen molar-refractivity contribution in [1.29, 1.82) is 0 Å². The molecule has 1 aromatic heterocycles. The number of nitrogens with zero attached hydrogens (tertiary/aromatic N) is 3. The Morgan fingerprint density at radius 3 is 2.82 bits per heavy atom. The van der Waals surface area contributed by atoms with Crippen molar-refractivity contribution in [3.8, 4) is 5.75 Å². The summed E-state index contributed by atoms with van der Waals surface area (Å²) < 4.78 is 10.4. The first-order valence-corrected chi connectivity index (χ1v) is 7.03. The first kappa shape index (κ1) is 15.8. The number of ether oxygens (including phenoxy) is 1. The second kappa shape index (κ2) is 7.44. The van der Waals surface area contributed by atoms with Crippen LogP contribution in [0, 0.1) is 6.92 Å². The monoisotopic (exact) mass is 303 g/mol. The Labute approximate surface area is 129 Å². The highest BCUT2D eigenvalue weighted by Gasteiger charge is 2.12. The Bertz CT molecular complexity index is 638. The van der Waals surface area contributed by atoms with Gasteiger partial charge >= 0.3 is 0 Å². The van der Waals surface area contributed by atoms with E-state index in [9.17, 15) is 0 Å². The molecule has 22 heavy (non-hydrogen) atoms. The average Bonchev–Trinajstić information content (AvgIpc) is 2.96. The van der Waals surface area contributed by atoms with Crippen molar-refractivity contribution in [2.24, 2.45) is 4.99 Å². The molecule has 0 fully saturated rings. The van der Waals surface area contributed by atoms with Crippen molar-refractivity contribution in [1.82, 2.24) is 20.8 Å². The number of para-hydroxylation sites is 1. The Morgan fingerprint density at radius 2 is 2.18 bits per heavy atom. The fraction of sp³-hybridized carbons (Fsp3) is 0.400. The SMILES string of the molecule is CN=C(NCc1nc(C)no1)NC(C)c1ccccc1OC. The molecule has 0 radical (unpaired) electrons. The summed E-state index contributed by atoms with van der Waals surface area (Å²) in [6, 6.07) is 7.91. The predicted molar refractivity (Wildman–Crippen MR) is 83.8 cm³/mol. The minimum atomic E-state index is 0.0340. The summed E-state index contributed by atoms with van der Waals surface area (Å²) in [6.07, 6.45) is 0. The van der Waals surface area contributed by atoms with Crippen molar-refractivity contribution < 1.29 is 9.26 Å². The molecular weight excluding hydrogens is 282 g/mol. The number of aromatic nitrogens is 2. The van der Waals surface area contributed by atoms with Crippen LogP contribution in [0.4, 0.5) is 0 Å². The molecular formula is C15H21N5O2. The largest absolute Gasteiger partial charge is 0.496 e. The van der Waals surface area contributed by atoms with E-state index in [1.165, 1.54) is 0 Å². The van der Waals surface area contributed by atoms with Gasteiger partial charge in [-0.3, -0.25) is 4.99 Å². The molecule has 2 aromatic rings. The van der Waals surface area contributed by atoms with Crippen LogP contribution in [0.1, 0.15) is 30.2 Å². The van der Waals surface area contributed by atoms with Crippen LogP contribution in [-0.2, 0) is 6.54 Å². The van der Waals surface area contributed by atoms with Gasteiger partial charge in [-0.25, -0.2) is 0 Å². The lowest BCUT2D eigenvalue weighted by atomic mass is 10.1. The third kappa shape index (κ3) is 3.97. The lowest BCUT2D eigenvalue weighted by molar-refractivity contribution is 0.371. The number of guanidine groups is 1. The van der Waals surface area contributed by atoms with E-state index in [-0.39, 0.29) is 6.04 Å². The Kier molecular flexibility index (Phi) is 5.35. The van der Waals surface area contributed by atoms with Gasteiger partial charge in [-0.2, -0.15) is 4.98 Å². The summed E-state index contributed by atoms with van der Waals surface area (Å²) in [5, 5.41) is 10.2. The molecule has 7 heteroatoms. The summed E-state index contributed by atoms with van der Waals surface area (Å²) in [4.78, 5) is 8.33. The van der Waals surface area contributed by atoms with Crippen LogP contribution in [0.3, 0.4) is 0 Å². The molecule has 1 atom stereocenters. The second-order valence-electron chi connectivity index (χ2n) is 4.77. The van der Waals surface area contributed by atoms with Gasteiger partial charge in [0, 0.05) is 12.6 Å². The maximum absolute atomic E-state index is 5.38. The van der Waals surface area contributed by atoms with Crippen LogP contribution in [0.25, 0.3) is 0 Å². The second-order valence-corrected chi connectivity index (χ2v) is 4.77. The number of rotatable bonds is 5. The van der Waals surface area contributed by atoms with Crippen molar-refractivity contribution in [3.63, 3.8) is 0 Å². The van der Waals surface area contributed by atoms with Gasteiger partial charge in [0.05, 0.1) is 19.7 Å². The number of aryl methyl sites for hydroxylation is 1. The van der Waals surface area contributed by atoms with Crippen LogP contribution in [0.5, 0.6) is 5.75 Å². The molecule has 0 aliphatic carbocycles. The Hall–Kier alpha value is -2.57. The maximum atomic E-state index is 5.38. The molecule has 1 unspecified atom stereocenters. The van der Waals surface area contributed by atoms with Gasteiger partial charge in [-0.15, -0.1) is 0 Å². The third-order valence-corrected chi connectivity index (χ3v) is 3.16. The maximum Gasteiger partial charge on any atom is 0.246 e. The fourth-order valence-corrected chi connectivity index (χ4v) is 2.07. The third-order valence-electron chi connectivity index (χ3n) is 3.16. The van der Waals surface area contributed by atoms with E-state index in [0.717, 1.165) is 11.3 Å². The van der Waals surface area contributed by atoms with E-state index >= 15 is 0 Å². The summed E-state index contributed by atoms with van der Waals surface area (Å²) >= 11 is 0. The lowest BCUT2D eigenvalue weighted by Crippen LogP contribution is -2.38. The topological polar surface area (TPSA) is 84.6 Å². The zero-order chi connectivity index (χ0) is 15.9. The zero-order valence-corrected chi connectivity index (χ0v) is 13.3. The quantitative estimate of drug-likeness (QED) is 0.647. The van der Waals surface area contributed by atoms with E-state index in [2.05, 4.69) is 25.8 Å². The molecule has 2 N–H and O–H groups in total. The standard InChI is InChI=1S/C15H21N5O2/c1-10(12-7-5-6-8-13(12)21-4)18-15(16-3)17-9-14-19-11(2)20-22-14/h5-8,10H,9H2,1-4H3,(H2,16,17,18). The first-order chi connectivity index (χ1) is 10.6. The first-order valence-electron chi connectivity index (χ1n) is 7.03. The van der Waals surface area contributed by atoms with Crippen molar-refractivity contribution in [2.75, 3.05) is 14.2 Å². The molecule has 0 aliphatic rings. The molecule has 2 rings (SSSR count). The van der Waals surface area contributed by atoms with Gasteiger partial charge in [0.1, 0.15) is 5.75 Å². The molecule has 0 saturated carbocycles. The highest BCUT2D eigenvalue weighted by Crippen LogP contribution is 2.24. The van der Waals surface area contributed by atoms with Gasteiger partial charge in [-0.1, -0.05) is 23.4 Å². The van der Waals surface area contributed by atoms with E-state index in [1.807, 2.05) is 31.2 Å². The van der Waals surface area contributed by atoms with E-state index < -0.39 is 0 Å². The number of methoxy groups -OCH3 is 1. The normalized spacial score (nSPS) is 12.8. The van der Waals surface area contributed by atoms with Crippen LogP contribution in [-0.4, -0.2) is 30.3 Å². The van der Waals surface area contributed by atoms with Crippen LogP contribution < -0.4 is 15.4 Å². The molecule has 0 spiro atoms. The van der Waals surface area contributed by atoms with Crippen LogP contribution in [0.2, 0.25) is 0 Å². The molecule has 0 amide bonds. The number of aliphatic imine (C=N–C) groups is 1. The van der Waals surface area contributed by atoms with E-state index in [4.69, 9.17) is 9.26 Å². The Balaban J connectivity index is 1.97. The average molecular weight is 303 g/mol. The summed E-state index contributed by atoms with van der Waals surface area (Å²) in [5.74, 6) is 2.62. The number of hydrogen-bond acceptors (Lipinski definition) is 5. The van der Waals surface area contributed by atoms with Gasteiger partial charge < -0.3 is 19.9 Å². The fourth-order valence-electron chi connectivity index (χ4n) is 2.07. The smallest absolute Gasteiger partial charge is 0.246 e. The Morgan fingerprint density at radius 1 is 1.41 bits per heavy atom. The molecule has 0 bridgehead atoms. The highest BCUT2D eigenvalue weighted by molar-refractivity contribution is 5.80. The van der Waals surface area contributed by atoms with Crippen molar-refractivity contribution in [2.45, 2.75) is 26.4 Å². The number of hydrogen-bond donors (Lipinski definition) is 2. The van der Waals surface area contributed by atoms with Crippen molar-refractivity contribution in [3.05, 3.63) is 41.5 Å². The van der Waals surface area contributed by atoms with Gasteiger partial charge in [0.2, 0.25) is 5.89 Å². The van der Waals surface area contributed by atoms with Gasteiger partial charge in [0.25, 0.3) is 0 Å². The predicted octanol–water partition coefficient (Wildman–Crippen LogP) is 1.81. The van der Waals surface area contributed by atoms with Crippen molar-refractivity contribution >= 4 is 5.96 Å². The summed E-state index contributed by atoms with van der Waals surface area (Å²) in [5.41, 5.74) is 1.06. The van der Waals surface area contributed by atoms with Gasteiger partial charge in [0.15, 0.2) is 11.8 Å². The molecule has 0 aliphatic heterocycles. The minimum absolute atomic E-state index is 0.0340. The number of benzene rings is 1. The van der Waals surface area contributed by atoms with Gasteiger partial charge in [-0.05, 0) is 19.9 Å². The highest BCUT2D eigenvalue weighted by atomic mass is 16.5.